The van der Waals surface area contributed by atoms with Gasteiger partial charge in [-0.2, -0.15) is 0 Å². The van der Waals surface area contributed by atoms with Crippen molar-refractivity contribution in [2.24, 2.45) is 4.99 Å². The lowest BCUT2D eigenvalue weighted by atomic mass is 10.1. The van der Waals surface area contributed by atoms with Gasteiger partial charge in [0.2, 0.25) is 0 Å². The van der Waals surface area contributed by atoms with E-state index in [-0.39, 0.29) is 5.91 Å². The van der Waals surface area contributed by atoms with E-state index in [0.717, 1.165) is 29.2 Å². The molecule has 0 spiro atoms. The number of benzene rings is 3. The molecule has 36 heavy (non-hydrogen) atoms. The van der Waals surface area contributed by atoms with Gasteiger partial charge in [-0.25, -0.2) is 4.99 Å². The number of nitrogens with zero attached hydrogens (tertiary/aromatic N) is 4. The number of amidine groups is 1. The van der Waals surface area contributed by atoms with Crippen LogP contribution in [0.5, 0.6) is 0 Å². The Balaban J connectivity index is 1.45. The molecule has 1 aliphatic heterocycles. The maximum Gasteiger partial charge on any atom is 0.266 e. The number of para-hydroxylation sites is 1. The first-order valence-electron chi connectivity index (χ1n) is 11.9. The van der Waals surface area contributed by atoms with Crippen molar-refractivity contribution in [1.29, 1.82) is 0 Å². The van der Waals surface area contributed by atoms with Gasteiger partial charge in [0.05, 0.1) is 10.6 Å². The number of hydrogen-bond donors (Lipinski definition) is 0. The van der Waals surface area contributed by atoms with Crippen LogP contribution in [0, 0.1) is 0 Å². The molecule has 5 nitrogen and oxygen atoms in total. The summed E-state index contributed by atoms with van der Waals surface area (Å²) in [6.07, 6.45) is 4.76. The van der Waals surface area contributed by atoms with E-state index in [4.69, 9.17) is 4.99 Å². The third-order valence-electron chi connectivity index (χ3n) is 6.04. The van der Waals surface area contributed by atoms with Crippen LogP contribution < -0.4 is 4.90 Å². The highest BCUT2D eigenvalue weighted by Crippen LogP contribution is 2.34. The Morgan fingerprint density at radius 2 is 1.56 bits per heavy atom. The minimum Gasteiger partial charge on any atom is -0.378 e. The minimum atomic E-state index is -0.0127. The average Bonchev–Trinajstić information content (AvgIpc) is 3.48. The van der Waals surface area contributed by atoms with Gasteiger partial charge in [-0.1, -0.05) is 48.5 Å². The van der Waals surface area contributed by atoms with Crippen LogP contribution in [-0.4, -0.2) is 41.2 Å². The van der Waals surface area contributed by atoms with Crippen molar-refractivity contribution in [3.8, 4) is 5.69 Å². The monoisotopic (exact) mass is 492 g/mol. The predicted octanol–water partition coefficient (Wildman–Crippen LogP) is 6.39. The van der Waals surface area contributed by atoms with Gasteiger partial charge in [0.15, 0.2) is 5.17 Å². The summed E-state index contributed by atoms with van der Waals surface area (Å²) in [6, 6.07) is 32.4. The van der Waals surface area contributed by atoms with Crippen molar-refractivity contribution in [2.45, 2.75) is 6.42 Å². The summed E-state index contributed by atoms with van der Waals surface area (Å²) in [6.45, 7) is 0.575. The molecular weight excluding hydrogens is 464 g/mol. The maximum absolute atomic E-state index is 13.6. The van der Waals surface area contributed by atoms with Crippen molar-refractivity contribution in [3.05, 3.63) is 119 Å². The Labute approximate surface area is 216 Å². The highest BCUT2D eigenvalue weighted by atomic mass is 32.2. The van der Waals surface area contributed by atoms with Gasteiger partial charge < -0.3 is 9.47 Å². The van der Waals surface area contributed by atoms with Crippen LogP contribution in [0.25, 0.3) is 11.8 Å². The third-order valence-corrected chi connectivity index (χ3v) is 7.05. The normalized spacial score (nSPS) is 15.7. The molecule has 1 aromatic heterocycles. The smallest absolute Gasteiger partial charge is 0.266 e. The van der Waals surface area contributed by atoms with E-state index in [1.807, 2.05) is 87.0 Å². The molecule has 180 valence electrons. The van der Waals surface area contributed by atoms with Crippen molar-refractivity contribution < 1.29 is 4.79 Å². The molecule has 5 rings (SSSR count). The van der Waals surface area contributed by atoms with Gasteiger partial charge in [0.1, 0.15) is 0 Å². The van der Waals surface area contributed by atoms with E-state index in [1.165, 1.54) is 17.3 Å². The SMILES string of the molecule is CN(C)c1ccc(-n2cccc2/C=C2\SC(=Nc3ccccc3)N(CCc3ccccc3)C2=O)cc1. The lowest BCUT2D eigenvalue weighted by Crippen LogP contribution is -2.31. The number of aromatic nitrogens is 1. The second-order valence-corrected chi connectivity index (χ2v) is 9.76. The van der Waals surface area contributed by atoms with Gasteiger partial charge in [-0.15, -0.1) is 0 Å². The topological polar surface area (TPSA) is 40.8 Å². The molecule has 3 aromatic carbocycles. The average molecular weight is 493 g/mol. The fourth-order valence-corrected chi connectivity index (χ4v) is 5.09. The molecule has 1 amide bonds. The van der Waals surface area contributed by atoms with E-state index in [9.17, 15) is 4.79 Å². The summed E-state index contributed by atoms with van der Waals surface area (Å²) in [5.41, 5.74) is 5.17. The first kappa shape index (κ1) is 23.7. The molecule has 4 aromatic rings. The molecule has 0 bridgehead atoms. The Hall–Kier alpha value is -4.03. The summed E-state index contributed by atoms with van der Waals surface area (Å²) >= 11 is 1.43. The molecule has 0 unspecified atom stereocenters. The van der Waals surface area contributed by atoms with Crippen LogP contribution in [0.2, 0.25) is 0 Å². The van der Waals surface area contributed by atoms with E-state index >= 15 is 0 Å². The van der Waals surface area contributed by atoms with Crippen LogP contribution in [-0.2, 0) is 11.2 Å². The van der Waals surface area contributed by atoms with Gasteiger partial charge in [-0.05, 0) is 78.4 Å². The van der Waals surface area contributed by atoms with E-state index in [2.05, 4.69) is 45.9 Å². The second kappa shape index (κ2) is 10.7. The zero-order valence-corrected chi connectivity index (χ0v) is 21.2. The Kier molecular flexibility index (Phi) is 7.05. The zero-order valence-electron chi connectivity index (χ0n) is 20.4. The predicted molar refractivity (Wildman–Crippen MR) is 151 cm³/mol. The molecule has 0 radical (unpaired) electrons. The fourth-order valence-electron chi connectivity index (χ4n) is 4.08. The maximum atomic E-state index is 13.6. The molecule has 0 atom stereocenters. The number of carbonyl (C=O) groups is 1. The number of amides is 1. The largest absolute Gasteiger partial charge is 0.378 e. The Bertz CT molecular complexity index is 1390. The number of carbonyl (C=O) groups excluding carboxylic acids is 1. The van der Waals surface area contributed by atoms with E-state index < -0.39 is 0 Å². The summed E-state index contributed by atoms with van der Waals surface area (Å²) in [7, 11) is 4.06. The molecule has 6 heteroatoms. The lowest BCUT2D eigenvalue weighted by molar-refractivity contribution is -0.122. The van der Waals surface area contributed by atoms with Crippen LogP contribution >= 0.6 is 11.8 Å². The quantitative estimate of drug-likeness (QED) is 0.281. The highest BCUT2D eigenvalue weighted by Gasteiger charge is 2.33. The van der Waals surface area contributed by atoms with Gasteiger partial charge >= 0.3 is 0 Å². The second-order valence-electron chi connectivity index (χ2n) is 8.75. The molecule has 0 saturated carbocycles. The van der Waals surface area contributed by atoms with Crippen molar-refractivity contribution in [3.63, 3.8) is 0 Å². The fraction of sp³-hybridized carbons (Fsp3) is 0.133. The number of rotatable bonds is 7. The van der Waals surface area contributed by atoms with E-state index in [0.29, 0.717) is 16.6 Å². The van der Waals surface area contributed by atoms with Gasteiger partial charge in [0, 0.05) is 43.9 Å². The summed E-state index contributed by atoms with van der Waals surface area (Å²) in [5.74, 6) is -0.0127. The number of hydrogen-bond acceptors (Lipinski definition) is 4. The number of thioether (sulfide) groups is 1. The molecule has 1 aliphatic rings. The molecule has 1 saturated heterocycles. The molecule has 2 heterocycles. The van der Waals surface area contributed by atoms with Crippen LogP contribution in [0.1, 0.15) is 11.3 Å². The summed E-state index contributed by atoms with van der Waals surface area (Å²) in [4.78, 5) is 22.9. The Morgan fingerprint density at radius 3 is 2.25 bits per heavy atom. The van der Waals surface area contributed by atoms with Crippen molar-refractivity contribution in [1.82, 2.24) is 9.47 Å². The van der Waals surface area contributed by atoms with Crippen LogP contribution in [0.15, 0.2) is 113 Å². The van der Waals surface area contributed by atoms with Gasteiger partial charge in [-0.3, -0.25) is 9.69 Å². The number of aliphatic imine (C=N–C) groups is 1. The standard InChI is InChI=1S/C30H28N4OS/c1-32(2)25-15-17-26(18-16-25)33-20-9-14-27(33)22-28-29(35)34(21-19-23-10-5-3-6-11-23)30(36-28)31-24-12-7-4-8-13-24/h3-18,20,22H,19,21H2,1-2H3/b28-22-,31-30?. The zero-order chi connectivity index (χ0) is 24.9. The summed E-state index contributed by atoms with van der Waals surface area (Å²) < 4.78 is 2.10. The Morgan fingerprint density at radius 1 is 0.861 bits per heavy atom. The lowest BCUT2D eigenvalue weighted by Gasteiger charge is -2.15. The molecule has 0 aliphatic carbocycles. The molecule has 0 N–H and O–H groups in total. The number of anilines is 1. The van der Waals surface area contributed by atoms with Crippen molar-refractivity contribution >= 4 is 40.3 Å². The van der Waals surface area contributed by atoms with Crippen molar-refractivity contribution in [2.75, 3.05) is 25.5 Å². The first-order valence-corrected chi connectivity index (χ1v) is 12.7. The highest BCUT2D eigenvalue weighted by molar-refractivity contribution is 8.18. The molecule has 1 fully saturated rings. The summed E-state index contributed by atoms with van der Waals surface area (Å²) in [5, 5.41) is 0.710. The van der Waals surface area contributed by atoms with Crippen LogP contribution in [0.4, 0.5) is 11.4 Å². The van der Waals surface area contributed by atoms with E-state index in [1.54, 1.807) is 4.90 Å². The third kappa shape index (κ3) is 5.29. The molecular formula is C30H28N4OS. The van der Waals surface area contributed by atoms with Crippen LogP contribution in [0.3, 0.4) is 0 Å². The first-order chi connectivity index (χ1) is 17.6. The van der Waals surface area contributed by atoms with Gasteiger partial charge in [0.25, 0.3) is 5.91 Å². The minimum absolute atomic E-state index is 0.0127.